The molecule has 0 aliphatic rings. The van der Waals surface area contributed by atoms with Crippen molar-refractivity contribution in [2.75, 3.05) is 16.8 Å². The second-order valence-corrected chi connectivity index (χ2v) is 14.7. The van der Waals surface area contributed by atoms with Crippen LogP contribution in [0.25, 0.3) is 10.8 Å². The van der Waals surface area contributed by atoms with Gasteiger partial charge in [-0.2, -0.15) is 40.2 Å². The summed E-state index contributed by atoms with van der Waals surface area (Å²) in [6, 6.07) is 15.0. The summed E-state index contributed by atoms with van der Waals surface area (Å²) in [6.07, 6.45) is 0. The fraction of sp³-hybridized carbons (Fsp3) is 0.107. The fourth-order valence-electron chi connectivity index (χ4n) is 4.70. The molecule has 1 heterocycles. The number of fused-ring (bicyclic) bond motifs is 1. The molecule has 0 unspecified atom stereocenters. The summed E-state index contributed by atoms with van der Waals surface area (Å²) >= 11 is 6.21. The second kappa shape index (κ2) is 18.2. The molecule has 0 aliphatic heterocycles. The molecule has 0 saturated heterocycles. The van der Waals surface area contributed by atoms with Crippen molar-refractivity contribution in [1.82, 2.24) is 15.0 Å². The summed E-state index contributed by atoms with van der Waals surface area (Å²) < 4.78 is 103. The Morgan fingerprint density at radius 1 is 0.788 bits per heavy atom. The van der Waals surface area contributed by atoms with Gasteiger partial charge in [-0.15, -0.1) is 10.2 Å². The molecule has 5 aromatic rings. The normalized spacial score (nSPS) is 11.7. The van der Waals surface area contributed by atoms with Crippen LogP contribution in [0.1, 0.15) is 12.5 Å². The van der Waals surface area contributed by atoms with Gasteiger partial charge in [0.15, 0.2) is 5.75 Å². The van der Waals surface area contributed by atoms with Crippen LogP contribution in [0, 0.1) is 6.92 Å². The van der Waals surface area contributed by atoms with Gasteiger partial charge < -0.3 is 15.3 Å². The minimum atomic E-state index is -5.24. The third-order valence-electron chi connectivity index (χ3n) is 6.82. The molecule has 0 bridgehead atoms. The Bertz CT molecular complexity index is 2500. The molecule has 0 saturated carbocycles. The van der Waals surface area contributed by atoms with Crippen molar-refractivity contribution in [1.29, 1.82) is 0 Å². The zero-order chi connectivity index (χ0) is 35.9. The van der Waals surface area contributed by atoms with Gasteiger partial charge in [0, 0.05) is 106 Å². The average Bonchev–Trinajstić information content (AvgIpc) is 3.00. The summed E-state index contributed by atoms with van der Waals surface area (Å²) in [5.74, 6) is -1.22. The number of aromatic hydroxyl groups is 1. The number of nitrogens with zero attached hydrogens (tertiary/aromatic N) is 6. The van der Waals surface area contributed by atoms with Crippen LogP contribution in [-0.4, -0.2) is 154 Å². The van der Waals surface area contributed by atoms with Gasteiger partial charge in [-0.1, -0.05) is 24.3 Å². The molecule has 0 atom stereocenters. The standard InChI is InChI=1S/C28H24ClN7O10S3.3Na/c1-3-36(17-7-5-4-6-8-17)28-32-26(29)31-27(33-28)30-20-14-18(47(38,39)40)12-16-13-22(49(44,45)46)24(25(37)23(16)20)35-34-19-10-9-15(2)11-21(19)48(41,42)43;;;/h4-14,37H,3H2,1-2H3,(H,38,39,40)(H,41,42,43)(H,44,45,46)(H,30,31,32,33);;;. The number of halogens is 1. The number of phenolic OH excluding ortho intramolecular Hbond substituents is 1. The van der Waals surface area contributed by atoms with Gasteiger partial charge in [-0.25, -0.2) is 0 Å². The molecule has 3 radical (unpaired) electrons. The van der Waals surface area contributed by atoms with Crippen molar-refractivity contribution >= 4 is 176 Å². The molecular formula is C28H24ClN7Na3O10S3. The van der Waals surface area contributed by atoms with Crippen molar-refractivity contribution in [3.63, 3.8) is 0 Å². The van der Waals surface area contributed by atoms with Crippen LogP contribution in [0.4, 0.5) is 34.6 Å². The van der Waals surface area contributed by atoms with E-state index in [2.05, 4.69) is 30.5 Å². The Kier molecular flexibility index (Phi) is 16.2. The number of aryl methyl sites for hydroxylation is 1. The van der Waals surface area contributed by atoms with Gasteiger partial charge in [-0.05, 0) is 78.9 Å². The number of nitrogens with one attached hydrogen (secondary N) is 1. The van der Waals surface area contributed by atoms with Crippen molar-refractivity contribution < 1.29 is 44.0 Å². The molecule has 0 fully saturated rings. The minimum absolute atomic E-state index is 0. The summed E-state index contributed by atoms with van der Waals surface area (Å²) in [6.45, 7) is 3.72. The first-order valence-electron chi connectivity index (χ1n) is 13.7. The number of aromatic nitrogens is 3. The van der Waals surface area contributed by atoms with Crippen molar-refractivity contribution in [3.05, 3.63) is 77.6 Å². The van der Waals surface area contributed by atoms with Crippen LogP contribution in [0.5, 0.6) is 5.75 Å². The topological polar surface area (TPSA) is 262 Å². The smallest absolute Gasteiger partial charge is 0.296 e. The molecule has 5 rings (SSSR count). The zero-order valence-electron chi connectivity index (χ0n) is 28.1. The molecule has 4 aromatic carbocycles. The van der Waals surface area contributed by atoms with Crippen LogP contribution in [-0.2, 0) is 30.4 Å². The van der Waals surface area contributed by atoms with E-state index in [0.29, 0.717) is 17.8 Å². The quantitative estimate of drug-likeness (QED) is 0.0732. The second-order valence-electron chi connectivity index (χ2n) is 10.2. The number of hydrogen-bond donors (Lipinski definition) is 5. The number of anilines is 4. The first kappa shape index (κ1) is 46.3. The van der Waals surface area contributed by atoms with Gasteiger partial charge in [-0.3, -0.25) is 13.7 Å². The Labute approximate surface area is 369 Å². The van der Waals surface area contributed by atoms with E-state index < -0.39 is 62.2 Å². The van der Waals surface area contributed by atoms with E-state index in [4.69, 9.17) is 11.6 Å². The van der Waals surface area contributed by atoms with Crippen molar-refractivity contribution in [2.24, 2.45) is 10.2 Å². The Hall–Kier alpha value is -1.83. The molecule has 52 heavy (non-hydrogen) atoms. The molecule has 259 valence electrons. The molecule has 5 N–H and O–H groups in total. The largest absolute Gasteiger partial charge is 0.505 e. The monoisotopic (exact) mass is 818 g/mol. The summed E-state index contributed by atoms with van der Waals surface area (Å²) in [5, 5.41) is 20.6. The first-order chi connectivity index (χ1) is 22.9. The SMILES string of the molecule is CCN(c1ccccc1)c1nc(Cl)nc(Nc2cc(S(=O)(=O)O)cc3cc(S(=O)(=O)O)c(N=Nc4ccc(C)cc4S(=O)(=O)O)c(O)c23)n1.[Na].[Na].[Na]. The Morgan fingerprint density at radius 2 is 1.42 bits per heavy atom. The maximum atomic E-state index is 12.5. The maximum absolute atomic E-state index is 12.5. The number of hydrogen-bond acceptors (Lipinski definition) is 14. The van der Waals surface area contributed by atoms with Crippen LogP contribution in [0.15, 0.2) is 91.6 Å². The predicted octanol–water partition coefficient (Wildman–Crippen LogP) is 4.61. The third-order valence-corrected chi connectivity index (χ3v) is 9.57. The first-order valence-corrected chi connectivity index (χ1v) is 18.4. The van der Waals surface area contributed by atoms with E-state index in [0.717, 1.165) is 30.3 Å². The molecule has 17 nitrogen and oxygen atoms in total. The van der Waals surface area contributed by atoms with Crippen LogP contribution >= 0.6 is 11.6 Å². The predicted molar refractivity (Wildman–Crippen MR) is 195 cm³/mol. The minimum Gasteiger partial charge on any atom is -0.505 e. The van der Waals surface area contributed by atoms with Gasteiger partial charge in [0.1, 0.15) is 21.2 Å². The van der Waals surface area contributed by atoms with Gasteiger partial charge in [0.2, 0.25) is 17.2 Å². The van der Waals surface area contributed by atoms with E-state index >= 15 is 0 Å². The number of rotatable bonds is 10. The summed E-state index contributed by atoms with van der Waals surface area (Å²) in [7, 11) is -15.0. The Balaban J connectivity index is 0.00000312. The van der Waals surface area contributed by atoms with Crippen molar-refractivity contribution in [2.45, 2.75) is 28.5 Å². The van der Waals surface area contributed by atoms with E-state index in [9.17, 15) is 44.0 Å². The fourth-order valence-corrected chi connectivity index (χ4v) is 6.76. The molecule has 1 aromatic heterocycles. The number of para-hydroxylation sites is 1. The number of azo groups is 1. The van der Waals surface area contributed by atoms with Crippen LogP contribution < -0.4 is 10.2 Å². The summed E-state index contributed by atoms with van der Waals surface area (Å²) in [5.41, 5.74) is -0.592. The van der Waals surface area contributed by atoms with Gasteiger partial charge in [0.05, 0.1) is 10.6 Å². The van der Waals surface area contributed by atoms with Gasteiger partial charge in [0.25, 0.3) is 30.4 Å². The van der Waals surface area contributed by atoms with Crippen molar-refractivity contribution in [3.8, 4) is 5.75 Å². The number of benzene rings is 4. The Morgan fingerprint density at radius 3 is 2.00 bits per heavy atom. The third kappa shape index (κ3) is 10.7. The van der Waals surface area contributed by atoms with E-state index in [-0.39, 0.29) is 122 Å². The maximum Gasteiger partial charge on any atom is 0.296 e. The van der Waals surface area contributed by atoms with E-state index in [1.54, 1.807) is 35.2 Å². The molecule has 24 heteroatoms. The summed E-state index contributed by atoms with van der Waals surface area (Å²) in [4.78, 5) is 11.7. The molecule has 0 spiro atoms. The van der Waals surface area contributed by atoms with Crippen LogP contribution in [0.3, 0.4) is 0 Å². The zero-order valence-corrected chi connectivity index (χ0v) is 37.3. The molecule has 0 aliphatic carbocycles. The average molecular weight is 819 g/mol. The molecular weight excluding hydrogens is 795 g/mol. The number of phenols is 1. The van der Waals surface area contributed by atoms with E-state index in [1.807, 2.05) is 6.92 Å². The van der Waals surface area contributed by atoms with Crippen LogP contribution in [0.2, 0.25) is 5.28 Å². The molecule has 0 amide bonds. The van der Waals surface area contributed by atoms with E-state index in [1.165, 1.54) is 13.0 Å². The van der Waals surface area contributed by atoms with Gasteiger partial charge >= 0.3 is 0 Å².